The fraction of sp³-hybridized carbons (Fsp3) is 0.0833. The molecule has 2 nitrogen and oxygen atoms in total. The van der Waals surface area contributed by atoms with Gasteiger partial charge in [-0.05, 0) is 23.3 Å². The molecule has 1 heterocycles. The molecular formula is C12H11BrN2. The maximum absolute atomic E-state index is 5.60. The van der Waals surface area contributed by atoms with Gasteiger partial charge < -0.3 is 5.73 Å². The predicted molar refractivity (Wildman–Crippen MR) is 65.3 cm³/mol. The molecule has 15 heavy (non-hydrogen) atoms. The molecule has 0 aliphatic rings. The van der Waals surface area contributed by atoms with Gasteiger partial charge in [0.05, 0.1) is 0 Å². The summed E-state index contributed by atoms with van der Waals surface area (Å²) < 4.78 is 1.05. The van der Waals surface area contributed by atoms with Crippen molar-refractivity contribution in [2.45, 2.75) is 6.54 Å². The lowest BCUT2D eigenvalue weighted by Crippen LogP contribution is -1.97. The number of benzene rings is 1. The lowest BCUT2D eigenvalue weighted by Gasteiger charge is -2.05. The number of nitrogens with two attached hydrogens (primary N) is 1. The van der Waals surface area contributed by atoms with E-state index in [2.05, 4.69) is 33.0 Å². The third kappa shape index (κ3) is 2.25. The highest BCUT2D eigenvalue weighted by Gasteiger charge is 2.01. The van der Waals surface area contributed by atoms with Gasteiger partial charge in [0.15, 0.2) is 0 Å². The van der Waals surface area contributed by atoms with Crippen LogP contribution in [0.4, 0.5) is 0 Å². The Hall–Kier alpha value is -1.19. The van der Waals surface area contributed by atoms with Gasteiger partial charge in [0, 0.05) is 29.0 Å². The Morgan fingerprint density at radius 3 is 2.67 bits per heavy atom. The quantitative estimate of drug-likeness (QED) is 0.904. The van der Waals surface area contributed by atoms with Crippen LogP contribution in [0.2, 0.25) is 0 Å². The molecule has 0 aliphatic carbocycles. The Morgan fingerprint density at radius 2 is 2.07 bits per heavy atom. The van der Waals surface area contributed by atoms with Gasteiger partial charge in [-0.25, -0.2) is 0 Å². The molecule has 2 rings (SSSR count). The molecule has 0 bridgehead atoms. The van der Waals surface area contributed by atoms with Crippen LogP contribution in [0, 0.1) is 0 Å². The standard InChI is InChI=1S/C12H11BrN2/c13-12-6-9(3-4-10(12)7-14)11-2-1-5-15-8-11/h1-6,8H,7,14H2. The summed E-state index contributed by atoms with van der Waals surface area (Å²) in [5, 5.41) is 0. The molecule has 0 aliphatic heterocycles. The summed E-state index contributed by atoms with van der Waals surface area (Å²) in [7, 11) is 0. The van der Waals surface area contributed by atoms with E-state index >= 15 is 0 Å². The van der Waals surface area contributed by atoms with Crippen LogP contribution >= 0.6 is 15.9 Å². The van der Waals surface area contributed by atoms with Crippen LogP contribution < -0.4 is 5.73 Å². The topological polar surface area (TPSA) is 38.9 Å². The van der Waals surface area contributed by atoms with Crippen LogP contribution in [-0.2, 0) is 6.54 Å². The normalized spacial score (nSPS) is 10.3. The molecule has 0 saturated heterocycles. The summed E-state index contributed by atoms with van der Waals surface area (Å²) in [5.41, 5.74) is 8.97. The lowest BCUT2D eigenvalue weighted by atomic mass is 10.1. The minimum Gasteiger partial charge on any atom is -0.326 e. The maximum Gasteiger partial charge on any atom is 0.0346 e. The predicted octanol–water partition coefficient (Wildman–Crippen LogP) is 2.97. The van der Waals surface area contributed by atoms with E-state index in [9.17, 15) is 0 Å². The Morgan fingerprint density at radius 1 is 1.20 bits per heavy atom. The van der Waals surface area contributed by atoms with Crippen molar-refractivity contribution in [3.05, 3.63) is 52.8 Å². The summed E-state index contributed by atoms with van der Waals surface area (Å²) in [5.74, 6) is 0. The van der Waals surface area contributed by atoms with Gasteiger partial charge in [-0.1, -0.05) is 34.1 Å². The number of pyridine rings is 1. The Kier molecular flexibility index (Phi) is 3.14. The summed E-state index contributed by atoms with van der Waals surface area (Å²) in [6.07, 6.45) is 3.62. The molecule has 0 radical (unpaired) electrons. The SMILES string of the molecule is NCc1ccc(-c2cccnc2)cc1Br. The van der Waals surface area contributed by atoms with Gasteiger partial charge in [-0.3, -0.25) is 4.98 Å². The molecule has 1 aromatic heterocycles. The maximum atomic E-state index is 5.60. The van der Waals surface area contributed by atoms with Crippen LogP contribution in [0.5, 0.6) is 0 Å². The fourth-order valence-corrected chi connectivity index (χ4v) is 1.97. The molecule has 1 aromatic carbocycles. The van der Waals surface area contributed by atoms with Crippen LogP contribution in [0.25, 0.3) is 11.1 Å². The number of aromatic nitrogens is 1. The van der Waals surface area contributed by atoms with Gasteiger partial charge >= 0.3 is 0 Å². The van der Waals surface area contributed by atoms with Crippen molar-refractivity contribution in [3.63, 3.8) is 0 Å². The van der Waals surface area contributed by atoms with Crippen LogP contribution in [0.3, 0.4) is 0 Å². The molecular weight excluding hydrogens is 252 g/mol. The molecule has 3 heteroatoms. The van der Waals surface area contributed by atoms with Crippen molar-refractivity contribution >= 4 is 15.9 Å². The smallest absolute Gasteiger partial charge is 0.0346 e. The molecule has 0 atom stereocenters. The Bertz CT molecular complexity index is 454. The summed E-state index contributed by atoms with van der Waals surface area (Å²) in [6, 6.07) is 10.1. The van der Waals surface area contributed by atoms with E-state index in [1.54, 1.807) is 6.20 Å². The van der Waals surface area contributed by atoms with Crippen molar-refractivity contribution in [2.24, 2.45) is 5.73 Å². The highest BCUT2D eigenvalue weighted by atomic mass is 79.9. The van der Waals surface area contributed by atoms with E-state index in [1.165, 1.54) is 0 Å². The lowest BCUT2D eigenvalue weighted by molar-refractivity contribution is 1.06. The monoisotopic (exact) mass is 262 g/mol. The average Bonchev–Trinajstić information content (AvgIpc) is 2.30. The second kappa shape index (κ2) is 4.55. The number of hydrogen-bond acceptors (Lipinski definition) is 2. The molecule has 0 spiro atoms. The highest BCUT2D eigenvalue weighted by Crippen LogP contribution is 2.25. The van der Waals surface area contributed by atoms with Gasteiger partial charge in [-0.15, -0.1) is 0 Å². The zero-order valence-electron chi connectivity index (χ0n) is 8.15. The summed E-state index contributed by atoms with van der Waals surface area (Å²) >= 11 is 3.50. The van der Waals surface area contributed by atoms with Crippen molar-refractivity contribution in [2.75, 3.05) is 0 Å². The van der Waals surface area contributed by atoms with E-state index < -0.39 is 0 Å². The van der Waals surface area contributed by atoms with E-state index in [-0.39, 0.29) is 0 Å². The van der Waals surface area contributed by atoms with Crippen LogP contribution in [-0.4, -0.2) is 4.98 Å². The summed E-state index contributed by atoms with van der Waals surface area (Å²) in [4.78, 5) is 4.09. The number of halogens is 1. The molecule has 0 unspecified atom stereocenters. The molecule has 76 valence electrons. The number of rotatable bonds is 2. The number of hydrogen-bond donors (Lipinski definition) is 1. The van der Waals surface area contributed by atoms with Crippen molar-refractivity contribution < 1.29 is 0 Å². The first-order valence-corrected chi connectivity index (χ1v) is 5.49. The van der Waals surface area contributed by atoms with Crippen LogP contribution in [0.1, 0.15) is 5.56 Å². The van der Waals surface area contributed by atoms with Gasteiger partial charge in [0.1, 0.15) is 0 Å². The Labute approximate surface area is 97.3 Å². The minimum atomic E-state index is 0.550. The summed E-state index contributed by atoms with van der Waals surface area (Å²) in [6.45, 7) is 0.550. The first-order chi connectivity index (χ1) is 7.31. The second-order valence-electron chi connectivity index (χ2n) is 3.25. The van der Waals surface area contributed by atoms with Crippen molar-refractivity contribution in [3.8, 4) is 11.1 Å². The van der Waals surface area contributed by atoms with E-state index in [4.69, 9.17) is 5.73 Å². The van der Waals surface area contributed by atoms with E-state index in [0.717, 1.165) is 21.2 Å². The third-order valence-corrected chi connectivity index (χ3v) is 3.01. The molecule has 0 amide bonds. The molecule has 2 aromatic rings. The zero-order valence-corrected chi connectivity index (χ0v) is 9.74. The molecule has 2 N–H and O–H groups in total. The van der Waals surface area contributed by atoms with E-state index in [0.29, 0.717) is 6.54 Å². The zero-order chi connectivity index (χ0) is 10.7. The fourth-order valence-electron chi connectivity index (χ4n) is 1.43. The Balaban J connectivity index is 2.43. The average molecular weight is 263 g/mol. The minimum absolute atomic E-state index is 0.550. The molecule has 0 saturated carbocycles. The highest BCUT2D eigenvalue weighted by molar-refractivity contribution is 9.10. The number of nitrogens with zero attached hydrogens (tertiary/aromatic N) is 1. The second-order valence-corrected chi connectivity index (χ2v) is 4.11. The van der Waals surface area contributed by atoms with Gasteiger partial charge in [-0.2, -0.15) is 0 Å². The van der Waals surface area contributed by atoms with Crippen LogP contribution in [0.15, 0.2) is 47.2 Å². The first kappa shape index (κ1) is 10.3. The first-order valence-electron chi connectivity index (χ1n) is 4.70. The largest absolute Gasteiger partial charge is 0.326 e. The third-order valence-electron chi connectivity index (χ3n) is 2.27. The van der Waals surface area contributed by atoms with Crippen molar-refractivity contribution in [1.82, 2.24) is 4.98 Å². The van der Waals surface area contributed by atoms with Gasteiger partial charge in [0.25, 0.3) is 0 Å². The van der Waals surface area contributed by atoms with E-state index in [1.807, 2.05) is 24.4 Å². The molecule has 0 fully saturated rings. The van der Waals surface area contributed by atoms with Gasteiger partial charge in [0.2, 0.25) is 0 Å². The van der Waals surface area contributed by atoms with Crippen molar-refractivity contribution in [1.29, 1.82) is 0 Å².